The molecule has 10 heteroatoms. The topological polar surface area (TPSA) is 98.1 Å². The number of hydrogen-bond donors (Lipinski definition) is 2. The quantitative estimate of drug-likeness (QED) is 0.0483. The molecule has 0 heterocycles. The summed E-state index contributed by atoms with van der Waals surface area (Å²) in [4.78, 5) is 12.5. The normalized spacial score (nSPS) is 10.5. The molecule has 0 radical (unpaired) electrons. The van der Waals surface area contributed by atoms with Crippen molar-refractivity contribution >= 4 is 30.0 Å². The molecule has 0 saturated carbocycles. The molecule has 0 spiro atoms. The van der Waals surface area contributed by atoms with Gasteiger partial charge in [0.1, 0.15) is 6.79 Å². The highest BCUT2D eigenvalue weighted by Crippen LogP contribution is 2.11. The average Bonchev–Trinajstić information content (AvgIpc) is 2.99. The molecule has 0 atom stereocenters. The number of ether oxygens (including phenoxy) is 4. The first-order valence-corrected chi connectivity index (χ1v) is 22.4. The maximum atomic E-state index is 5.27. The van der Waals surface area contributed by atoms with E-state index in [2.05, 4.69) is 136 Å². The van der Waals surface area contributed by atoms with Crippen molar-refractivity contribution < 1.29 is 18.9 Å². The molecule has 0 amide bonds. The summed E-state index contributed by atoms with van der Waals surface area (Å²) >= 11 is 1.77. The second kappa shape index (κ2) is 67.9. The smallest absolute Gasteiger partial charge is 0.147 e. The third-order valence-corrected chi connectivity index (χ3v) is 6.39. The zero-order valence-electron chi connectivity index (χ0n) is 41.3. The predicted molar refractivity (Wildman–Crippen MR) is 294 cm³/mol. The van der Waals surface area contributed by atoms with Gasteiger partial charge >= 0.3 is 0 Å². The number of rotatable bonds is 22. The Hall–Kier alpha value is -1.20. The molecule has 0 saturated heterocycles. The van der Waals surface area contributed by atoms with Gasteiger partial charge in [0.2, 0.25) is 0 Å². The van der Waals surface area contributed by atoms with Crippen molar-refractivity contribution in [3.63, 3.8) is 0 Å². The van der Waals surface area contributed by atoms with Crippen molar-refractivity contribution in [2.45, 2.75) is 290 Å². The molecule has 0 aliphatic heterocycles. The van der Waals surface area contributed by atoms with Gasteiger partial charge in [0.05, 0.1) is 55.9 Å². The summed E-state index contributed by atoms with van der Waals surface area (Å²) in [5.74, 6) is 1.78. The van der Waals surface area contributed by atoms with Crippen LogP contribution in [0.2, 0.25) is 0 Å². The first-order valence-electron chi connectivity index (χ1n) is 21.4. The lowest BCUT2D eigenvalue weighted by Gasteiger charge is -2.09. The maximum Gasteiger partial charge on any atom is 0.147 e. The van der Waals surface area contributed by atoms with Crippen molar-refractivity contribution in [1.82, 2.24) is 10.6 Å². The van der Waals surface area contributed by atoms with Gasteiger partial charge in [0, 0.05) is 35.5 Å². The van der Waals surface area contributed by atoms with Crippen LogP contribution in [-0.2, 0) is 18.9 Å². The SMILES string of the molecule is C.C.C.C.C.C.CC(C)CCCC(C)C.CC(C)N=CNC(C)C.CC(C)N=CNC(C)C.CC(C)N=CSC(C)C.CC(C)OCCOC(C)C.CC(C)OCOC(C)C. The lowest BCUT2D eigenvalue weighted by Crippen LogP contribution is -2.20. The van der Waals surface area contributed by atoms with E-state index in [4.69, 9.17) is 18.9 Å². The number of nitrogens with zero attached hydrogens (tertiary/aromatic N) is 3. The van der Waals surface area contributed by atoms with Crippen molar-refractivity contribution in [2.24, 2.45) is 26.8 Å². The van der Waals surface area contributed by atoms with Gasteiger partial charge in [-0.2, -0.15) is 0 Å². The molecule has 0 rings (SSSR count). The van der Waals surface area contributed by atoms with Crippen LogP contribution in [0.25, 0.3) is 0 Å². The van der Waals surface area contributed by atoms with Crippen LogP contribution in [-0.4, -0.2) is 98.1 Å². The van der Waals surface area contributed by atoms with E-state index in [1.165, 1.54) is 19.3 Å². The standard InChI is InChI=1S/C9H20.C8H18O2.2C7H16N2.C7H15NS.C7H16O2.6CH4/c1-8(2)6-5-7-9(3)4;1-7(2)9-5-6-10-8(3)4;4*1-6(2)8-5-9-7(3)4;;;;;;/h8-9H,5-7H2,1-4H3;7-8H,5-6H2,1-4H3;2*5-7H,1-4H3,(H,8,9);5-7H,1-4H3;6-7H,5H2,1-4H3;6*1H4. The zero-order chi connectivity index (χ0) is 44.4. The van der Waals surface area contributed by atoms with Crippen LogP contribution in [0.5, 0.6) is 0 Å². The van der Waals surface area contributed by atoms with Crippen LogP contribution in [0.4, 0.5) is 0 Å². The molecule has 0 aliphatic carbocycles. The Bertz CT molecular complexity index is 684. The highest BCUT2D eigenvalue weighted by atomic mass is 32.2. The van der Waals surface area contributed by atoms with E-state index >= 15 is 0 Å². The number of nitrogens with one attached hydrogen (secondary N) is 2. The van der Waals surface area contributed by atoms with Gasteiger partial charge < -0.3 is 29.6 Å². The van der Waals surface area contributed by atoms with Crippen molar-refractivity contribution in [2.75, 3.05) is 20.0 Å². The molecule has 0 aliphatic rings. The van der Waals surface area contributed by atoms with Crippen LogP contribution in [0, 0.1) is 11.8 Å². The van der Waals surface area contributed by atoms with Crippen molar-refractivity contribution in [3.05, 3.63) is 0 Å². The number of aliphatic imine (C=N–C) groups is 3. The van der Waals surface area contributed by atoms with E-state index in [-0.39, 0.29) is 56.8 Å². The Morgan fingerprint density at radius 2 is 0.689 bits per heavy atom. The summed E-state index contributed by atoms with van der Waals surface area (Å²) < 4.78 is 20.8. The fraction of sp³-hybridized carbons (Fsp3) is 0.941. The summed E-state index contributed by atoms with van der Waals surface area (Å²) in [5.41, 5.74) is 1.94. The van der Waals surface area contributed by atoms with Crippen LogP contribution >= 0.6 is 11.8 Å². The number of thioether (sulfide) groups is 1. The fourth-order valence-electron chi connectivity index (χ4n) is 2.77. The van der Waals surface area contributed by atoms with E-state index in [0.29, 0.717) is 67.7 Å². The minimum Gasteiger partial charge on any atom is -0.376 e. The monoisotopic (exact) mass is 904 g/mol. The van der Waals surface area contributed by atoms with Gasteiger partial charge in [-0.05, 0) is 136 Å². The molecule has 0 unspecified atom stereocenters. The molecule has 0 aromatic rings. The fourth-order valence-corrected chi connectivity index (χ4v) is 3.33. The Kier molecular flexibility index (Phi) is 101. The summed E-state index contributed by atoms with van der Waals surface area (Å²) in [7, 11) is 0. The highest BCUT2D eigenvalue weighted by molar-refractivity contribution is 8.12. The first kappa shape index (κ1) is 90.5. The van der Waals surface area contributed by atoms with Gasteiger partial charge in [-0.25, -0.2) is 0 Å². The van der Waals surface area contributed by atoms with Crippen LogP contribution in [0.3, 0.4) is 0 Å². The molecule has 0 aromatic carbocycles. The van der Waals surface area contributed by atoms with Gasteiger partial charge in [0.15, 0.2) is 0 Å². The summed E-state index contributed by atoms with van der Waals surface area (Å²) in [6, 6.07) is 2.23. The van der Waals surface area contributed by atoms with Crippen molar-refractivity contribution in [3.8, 4) is 0 Å². The highest BCUT2D eigenvalue weighted by Gasteiger charge is 1.97. The molecule has 0 aromatic heterocycles. The Morgan fingerprint density at radius 3 is 0.885 bits per heavy atom. The summed E-state index contributed by atoms with van der Waals surface area (Å²) in [6.07, 6.45) is 8.93. The van der Waals surface area contributed by atoms with Crippen LogP contribution in [0.1, 0.15) is 230 Å². The van der Waals surface area contributed by atoms with Crippen LogP contribution < -0.4 is 10.6 Å². The largest absolute Gasteiger partial charge is 0.376 e. The lowest BCUT2D eigenvalue weighted by molar-refractivity contribution is -0.0994. The molecule has 2 N–H and O–H groups in total. The third-order valence-electron chi connectivity index (χ3n) is 5.60. The minimum atomic E-state index is 0. The first-order chi connectivity index (χ1) is 25.3. The van der Waals surface area contributed by atoms with Crippen molar-refractivity contribution in [1.29, 1.82) is 0 Å². The molecule has 0 fully saturated rings. The molecule has 0 bridgehead atoms. The Balaban J connectivity index is -0.0000000463. The van der Waals surface area contributed by atoms with Gasteiger partial charge in [-0.3, -0.25) is 15.0 Å². The summed E-state index contributed by atoms with van der Waals surface area (Å²) in [6.45, 7) is 52.1. The predicted octanol–water partition coefficient (Wildman–Crippen LogP) is 16.3. The van der Waals surface area contributed by atoms with E-state index in [9.17, 15) is 0 Å². The molecule has 384 valence electrons. The van der Waals surface area contributed by atoms with E-state index in [0.717, 1.165) is 11.8 Å². The molecular weight excluding hydrogens is 779 g/mol. The van der Waals surface area contributed by atoms with Crippen LogP contribution in [0.15, 0.2) is 15.0 Å². The Morgan fingerprint density at radius 1 is 0.410 bits per heavy atom. The number of hydrogen-bond acceptors (Lipinski definition) is 8. The second-order valence-corrected chi connectivity index (χ2v) is 18.5. The molecular formula is C51H125N5O4S. The molecule has 9 nitrogen and oxygen atoms in total. The lowest BCUT2D eigenvalue weighted by atomic mass is 10.0. The van der Waals surface area contributed by atoms with Gasteiger partial charge in [0.25, 0.3) is 0 Å². The van der Waals surface area contributed by atoms with E-state index in [1.54, 1.807) is 24.4 Å². The summed E-state index contributed by atoms with van der Waals surface area (Å²) in [5, 5.41) is 6.83. The van der Waals surface area contributed by atoms with E-state index < -0.39 is 0 Å². The average molecular weight is 905 g/mol. The van der Waals surface area contributed by atoms with E-state index in [1.807, 2.05) is 60.9 Å². The zero-order valence-corrected chi connectivity index (χ0v) is 42.1. The minimum absolute atomic E-state index is 0. The van der Waals surface area contributed by atoms with Gasteiger partial charge in [-0.1, -0.05) is 105 Å². The van der Waals surface area contributed by atoms with Gasteiger partial charge in [-0.15, -0.1) is 11.8 Å². The third kappa shape index (κ3) is 148. The second-order valence-electron chi connectivity index (χ2n) is 17.0. The molecule has 61 heavy (non-hydrogen) atoms. The Labute approximate surface area is 394 Å². The maximum absolute atomic E-state index is 5.27.